The minimum atomic E-state index is -1.18. The van der Waals surface area contributed by atoms with Gasteiger partial charge in [0.15, 0.2) is 5.75 Å². The zero-order valence-electron chi connectivity index (χ0n) is 7.77. The van der Waals surface area contributed by atoms with Gasteiger partial charge in [-0.1, -0.05) is 4.56 Å². The van der Waals surface area contributed by atoms with Gasteiger partial charge in [-0.3, -0.25) is 4.79 Å². The lowest BCUT2D eigenvalue weighted by molar-refractivity contribution is 0.0693. The first kappa shape index (κ1) is 10.8. The number of ether oxygens (including phenoxy) is 1. The third-order valence-corrected chi connectivity index (χ3v) is 2.41. The van der Waals surface area contributed by atoms with Crippen molar-refractivity contribution in [1.82, 2.24) is 4.57 Å². The number of methoxy groups -OCH3 is 1. The van der Waals surface area contributed by atoms with Gasteiger partial charge in [-0.2, -0.15) is 0 Å². The Bertz CT molecular complexity index is 438. The lowest BCUT2D eigenvalue weighted by atomic mass is 10.2. The van der Waals surface area contributed by atoms with Gasteiger partial charge in [-0.25, -0.2) is 4.79 Å². The molecule has 0 aliphatic carbocycles. The Kier molecular flexibility index (Phi) is 2.99. The topological polar surface area (TPSA) is 68.5 Å². The van der Waals surface area contributed by atoms with Gasteiger partial charge in [0.1, 0.15) is 5.56 Å². The molecular weight excluding hydrogens is 201 g/mol. The summed E-state index contributed by atoms with van der Waals surface area (Å²) in [6.07, 6.45) is 0. The standard InChI is InChI=1S/C8H8NO4.Al/c1-9-4-3-5(8(11)12)6(13-2)7(9)10;/h3H,1-2H3,(H,11,12);. The average molecular weight is 209 g/mol. The van der Waals surface area contributed by atoms with Crippen LogP contribution in [0.5, 0.6) is 5.75 Å². The molecule has 14 heavy (non-hydrogen) atoms. The first-order valence-corrected chi connectivity index (χ1v) is 4.33. The van der Waals surface area contributed by atoms with Crippen LogP contribution in [0.15, 0.2) is 10.9 Å². The average Bonchev–Trinajstić information content (AvgIpc) is 2.13. The minimum Gasteiger partial charge on any atom is -0.490 e. The van der Waals surface area contributed by atoms with Crippen LogP contribution in [-0.4, -0.2) is 39.0 Å². The number of carbonyl (C=O) groups is 1. The molecule has 0 fully saturated rings. The van der Waals surface area contributed by atoms with E-state index in [2.05, 4.69) is 16.3 Å². The van der Waals surface area contributed by atoms with Crippen LogP contribution in [0.25, 0.3) is 0 Å². The van der Waals surface area contributed by atoms with Crippen molar-refractivity contribution in [2.45, 2.75) is 0 Å². The van der Waals surface area contributed by atoms with E-state index in [4.69, 9.17) is 9.84 Å². The highest BCUT2D eigenvalue weighted by molar-refractivity contribution is 6.31. The van der Waals surface area contributed by atoms with E-state index in [9.17, 15) is 9.59 Å². The second kappa shape index (κ2) is 3.86. The SMILES string of the molecule is COc1c(C(=O)O)c[c]([Al])n(C)c1=O. The van der Waals surface area contributed by atoms with Crippen LogP contribution in [0.1, 0.15) is 10.4 Å². The Morgan fingerprint density at radius 1 is 1.64 bits per heavy atom. The molecule has 1 heterocycles. The van der Waals surface area contributed by atoms with E-state index in [-0.39, 0.29) is 11.3 Å². The van der Waals surface area contributed by atoms with Gasteiger partial charge in [0.25, 0.3) is 5.56 Å². The van der Waals surface area contributed by atoms with E-state index < -0.39 is 11.5 Å². The largest absolute Gasteiger partial charge is 0.490 e. The highest BCUT2D eigenvalue weighted by Crippen LogP contribution is 2.09. The summed E-state index contributed by atoms with van der Waals surface area (Å²) in [4.78, 5) is 22.3. The molecule has 0 aliphatic rings. The Balaban J connectivity index is 3.60. The van der Waals surface area contributed by atoms with Crippen molar-refractivity contribution in [2.75, 3.05) is 7.11 Å². The molecule has 1 N–H and O–H groups in total. The zero-order chi connectivity index (χ0) is 10.9. The minimum absolute atomic E-state index is 0.124. The van der Waals surface area contributed by atoms with Crippen LogP contribution in [0.3, 0.4) is 0 Å². The van der Waals surface area contributed by atoms with Crippen LogP contribution < -0.4 is 14.9 Å². The molecule has 72 valence electrons. The maximum Gasteiger partial charge on any atom is 0.339 e. The Hall–Kier alpha value is -1.25. The Morgan fingerprint density at radius 3 is 2.64 bits per heavy atom. The van der Waals surface area contributed by atoms with Crippen molar-refractivity contribution in [3.63, 3.8) is 0 Å². The summed E-state index contributed by atoms with van der Waals surface area (Å²) in [5.74, 6) is -1.32. The molecule has 1 rings (SSSR count). The second-order valence-electron chi connectivity index (χ2n) is 2.69. The van der Waals surface area contributed by atoms with E-state index in [1.165, 1.54) is 17.7 Å². The van der Waals surface area contributed by atoms with E-state index in [1.54, 1.807) is 7.05 Å². The number of aromatic nitrogens is 1. The van der Waals surface area contributed by atoms with Crippen molar-refractivity contribution in [3.05, 3.63) is 22.0 Å². The molecule has 5 nitrogen and oxygen atoms in total. The van der Waals surface area contributed by atoms with E-state index in [1.807, 2.05) is 0 Å². The van der Waals surface area contributed by atoms with Crippen LogP contribution in [0, 0.1) is 0 Å². The van der Waals surface area contributed by atoms with Gasteiger partial charge in [0, 0.05) is 7.05 Å². The van der Waals surface area contributed by atoms with Crippen LogP contribution in [0.2, 0.25) is 0 Å². The predicted molar refractivity (Wildman–Crippen MR) is 50.6 cm³/mol. The normalized spacial score (nSPS) is 9.86. The predicted octanol–water partition coefficient (Wildman–Crippen LogP) is -1.11. The van der Waals surface area contributed by atoms with E-state index in [0.29, 0.717) is 4.56 Å². The quantitative estimate of drug-likeness (QED) is 0.627. The first-order chi connectivity index (χ1) is 6.49. The molecule has 0 unspecified atom stereocenters. The molecule has 0 saturated heterocycles. The maximum atomic E-state index is 11.5. The van der Waals surface area contributed by atoms with Crippen LogP contribution in [0.4, 0.5) is 0 Å². The number of hydrogen-bond acceptors (Lipinski definition) is 3. The van der Waals surface area contributed by atoms with Crippen molar-refractivity contribution in [1.29, 1.82) is 0 Å². The van der Waals surface area contributed by atoms with Gasteiger partial charge in [0.2, 0.25) is 16.3 Å². The summed E-state index contributed by atoms with van der Waals surface area (Å²) in [5, 5.41) is 8.80. The summed E-state index contributed by atoms with van der Waals surface area (Å²) in [7, 11) is 2.81. The smallest absolute Gasteiger partial charge is 0.339 e. The third-order valence-electron chi connectivity index (χ3n) is 1.86. The van der Waals surface area contributed by atoms with Crippen molar-refractivity contribution in [3.8, 4) is 5.75 Å². The molecule has 0 atom stereocenters. The number of carboxylic acid groups (broad SMARTS) is 1. The fraction of sp³-hybridized carbons (Fsp3) is 0.250. The molecule has 1 aromatic rings. The molecule has 0 amide bonds. The van der Waals surface area contributed by atoms with Gasteiger partial charge < -0.3 is 14.4 Å². The summed E-state index contributed by atoms with van der Waals surface area (Å²) in [5.41, 5.74) is -0.585. The Morgan fingerprint density at radius 2 is 2.21 bits per heavy atom. The van der Waals surface area contributed by atoms with E-state index >= 15 is 0 Å². The number of aromatic carboxylic acids is 1. The van der Waals surface area contributed by atoms with Crippen molar-refractivity contribution < 1.29 is 14.6 Å². The maximum absolute atomic E-state index is 11.5. The molecule has 0 aromatic carbocycles. The monoisotopic (exact) mass is 209 g/mol. The van der Waals surface area contributed by atoms with Gasteiger partial charge in [-0.05, 0) is 6.07 Å². The lowest BCUT2D eigenvalue weighted by Gasteiger charge is -2.10. The summed E-state index contributed by atoms with van der Waals surface area (Å²) >= 11 is 2.29. The fourth-order valence-corrected chi connectivity index (χ4v) is 1.34. The summed E-state index contributed by atoms with van der Waals surface area (Å²) in [6, 6.07) is 1.37. The summed E-state index contributed by atoms with van der Waals surface area (Å²) < 4.78 is 6.55. The Labute approximate surface area is 88.3 Å². The second-order valence-corrected chi connectivity index (χ2v) is 3.28. The highest BCUT2D eigenvalue weighted by atomic mass is 27.0. The van der Waals surface area contributed by atoms with Gasteiger partial charge >= 0.3 is 5.97 Å². The third kappa shape index (κ3) is 1.67. The van der Waals surface area contributed by atoms with Crippen LogP contribution >= 0.6 is 0 Å². The molecule has 2 radical (unpaired) electrons. The van der Waals surface area contributed by atoms with Gasteiger partial charge in [-0.15, -0.1) is 0 Å². The van der Waals surface area contributed by atoms with E-state index in [0.717, 1.165) is 0 Å². The molecule has 1 aromatic heterocycles. The zero-order valence-corrected chi connectivity index (χ0v) is 8.93. The number of hydrogen-bond donors (Lipinski definition) is 1. The van der Waals surface area contributed by atoms with Gasteiger partial charge in [0.05, 0.1) is 7.11 Å². The van der Waals surface area contributed by atoms with Crippen LogP contribution in [-0.2, 0) is 7.05 Å². The number of rotatable bonds is 2. The molecule has 0 saturated carbocycles. The van der Waals surface area contributed by atoms with Crippen molar-refractivity contribution in [2.24, 2.45) is 7.05 Å². The first-order valence-electron chi connectivity index (χ1n) is 3.75. The molecule has 0 aliphatic heterocycles. The molecular formula is C8H8AlNO4. The fourth-order valence-electron chi connectivity index (χ4n) is 1.05. The molecule has 0 bridgehead atoms. The van der Waals surface area contributed by atoms with Crippen molar-refractivity contribution >= 4 is 26.8 Å². The number of carboxylic acids is 1. The number of pyridine rings is 1. The summed E-state index contributed by atoms with van der Waals surface area (Å²) in [6.45, 7) is 0. The number of nitrogens with zero attached hydrogens (tertiary/aromatic N) is 1. The molecule has 0 spiro atoms. The highest BCUT2D eigenvalue weighted by Gasteiger charge is 2.16. The molecule has 6 heteroatoms. The lowest BCUT2D eigenvalue weighted by Crippen LogP contribution is -2.33.